The van der Waals surface area contributed by atoms with E-state index < -0.39 is 6.04 Å². The minimum absolute atomic E-state index is 0.00823. The highest BCUT2D eigenvalue weighted by atomic mass is 32.2. The topological polar surface area (TPSA) is 49.4 Å². The van der Waals surface area contributed by atoms with E-state index in [4.69, 9.17) is 0 Å². The first kappa shape index (κ1) is 23.4. The number of thioether (sulfide) groups is 1. The third-order valence-corrected chi connectivity index (χ3v) is 6.86. The first-order chi connectivity index (χ1) is 15.1. The first-order valence-electron chi connectivity index (χ1n) is 11.4. The summed E-state index contributed by atoms with van der Waals surface area (Å²) in [5.41, 5.74) is 2.23. The van der Waals surface area contributed by atoms with Crippen LogP contribution in [0.3, 0.4) is 0 Å². The fraction of sp³-hybridized carbons (Fsp3) is 0.462. The third kappa shape index (κ3) is 7.13. The maximum absolute atomic E-state index is 13.3. The quantitative estimate of drug-likeness (QED) is 0.509. The van der Waals surface area contributed by atoms with Crippen molar-refractivity contribution in [2.75, 3.05) is 5.75 Å². The zero-order valence-electron chi connectivity index (χ0n) is 18.7. The van der Waals surface area contributed by atoms with Gasteiger partial charge in [-0.25, -0.2) is 0 Å². The SMILES string of the molecule is CCC(C(=O)NC1CCCC1)N(Cc1cccc(C)c1)C(=O)CCSc1ccccc1. The lowest BCUT2D eigenvalue weighted by Gasteiger charge is -2.31. The van der Waals surface area contributed by atoms with Gasteiger partial charge in [-0.3, -0.25) is 9.59 Å². The van der Waals surface area contributed by atoms with Gasteiger partial charge in [0.25, 0.3) is 0 Å². The summed E-state index contributed by atoms with van der Waals surface area (Å²) in [7, 11) is 0. The summed E-state index contributed by atoms with van der Waals surface area (Å²) in [4.78, 5) is 29.4. The molecule has 0 heterocycles. The molecular weight excluding hydrogens is 404 g/mol. The number of nitrogens with one attached hydrogen (secondary N) is 1. The van der Waals surface area contributed by atoms with E-state index in [1.54, 1.807) is 16.7 Å². The van der Waals surface area contributed by atoms with Crippen molar-refractivity contribution in [3.8, 4) is 0 Å². The van der Waals surface area contributed by atoms with Gasteiger partial charge in [0.15, 0.2) is 0 Å². The van der Waals surface area contributed by atoms with Crippen LogP contribution in [0.4, 0.5) is 0 Å². The lowest BCUT2D eigenvalue weighted by atomic mass is 10.1. The molecule has 0 spiro atoms. The van der Waals surface area contributed by atoms with Crippen molar-refractivity contribution in [3.63, 3.8) is 0 Å². The van der Waals surface area contributed by atoms with Gasteiger partial charge in [-0.2, -0.15) is 0 Å². The molecule has 166 valence electrons. The van der Waals surface area contributed by atoms with Gasteiger partial charge in [0.2, 0.25) is 11.8 Å². The highest BCUT2D eigenvalue weighted by Crippen LogP contribution is 2.22. The average Bonchev–Trinajstić information content (AvgIpc) is 3.27. The van der Waals surface area contributed by atoms with Gasteiger partial charge in [-0.05, 0) is 43.9 Å². The number of carbonyl (C=O) groups excluding carboxylic acids is 2. The molecule has 0 aliphatic heterocycles. The van der Waals surface area contributed by atoms with Gasteiger partial charge >= 0.3 is 0 Å². The molecule has 0 aromatic heterocycles. The fourth-order valence-electron chi connectivity index (χ4n) is 4.21. The molecule has 0 bridgehead atoms. The van der Waals surface area contributed by atoms with Gasteiger partial charge in [0.05, 0.1) is 0 Å². The summed E-state index contributed by atoms with van der Waals surface area (Å²) < 4.78 is 0. The van der Waals surface area contributed by atoms with E-state index in [-0.39, 0.29) is 17.9 Å². The van der Waals surface area contributed by atoms with Crippen molar-refractivity contribution in [3.05, 3.63) is 65.7 Å². The standard InChI is InChI=1S/C26H34N2O2S/c1-3-24(26(30)27-22-12-7-8-13-22)28(19-21-11-9-10-20(2)18-21)25(29)16-17-31-23-14-5-4-6-15-23/h4-6,9-11,14-15,18,22,24H,3,7-8,12-13,16-17,19H2,1-2H3,(H,27,30). The van der Waals surface area contributed by atoms with Crippen molar-refractivity contribution in [1.82, 2.24) is 10.2 Å². The van der Waals surface area contributed by atoms with Crippen LogP contribution in [0.5, 0.6) is 0 Å². The molecule has 0 saturated heterocycles. The van der Waals surface area contributed by atoms with Crippen molar-refractivity contribution in [1.29, 1.82) is 0 Å². The largest absolute Gasteiger partial charge is 0.352 e. The second-order valence-electron chi connectivity index (χ2n) is 8.34. The van der Waals surface area contributed by atoms with Crippen LogP contribution in [0.1, 0.15) is 56.6 Å². The second kappa shape index (κ2) is 11.9. The maximum Gasteiger partial charge on any atom is 0.243 e. The number of carbonyl (C=O) groups is 2. The predicted molar refractivity (Wildman–Crippen MR) is 128 cm³/mol. The van der Waals surface area contributed by atoms with E-state index in [1.165, 1.54) is 12.8 Å². The summed E-state index contributed by atoms with van der Waals surface area (Å²) in [6.45, 7) is 4.51. The number of benzene rings is 2. The van der Waals surface area contributed by atoms with Crippen LogP contribution < -0.4 is 5.32 Å². The second-order valence-corrected chi connectivity index (χ2v) is 9.50. The van der Waals surface area contributed by atoms with Gasteiger partial charge < -0.3 is 10.2 Å². The summed E-state index contributed by atoms with van der Waals surface area (Å²) in [6.07, 6.45) is 5.46. The molecule has 1 atom stereocenters. The highest BCUT2D eigenvalue weighted by Gasteiger charge is 2.30. The number of nitrogens with zero attached hydrogens (tertiary/aromatic N) is 1. The van der Waals surface area contributed by atoms with Crippen molar-refractivity contribution < 1.29 is 9.59 Å². The summed E-state index contributed by atoms with van der Waals surface area (Å²) in [5, 5.41) is 3.21. The van der Waals surface area contributed by atoms with Crippen molar-refractivity contribution in [2.24, 2.45) is 0 Å². The maximum atomic E-state index is 13.3. The van der Waals surface area contributed by atoms with Crippen LogP contribution >= 0.6 is 11.8 Å². The molecule has 31 heavy (non-hydrogen) atoms. The number of aryl methyl sites for hydroxylation is 1. The fourth-order valence-corrected chi connectivity index (χ4v) is 5.07. The van der Waals surface area contributed by atoms with Crippen LogP contribution in [-0.2, 0) is 16.1 Å². The van der Waals surface area contributed by atoms with Crippen LogP contribution in [0.25, 0.3) is 0 Å². The zero-order valence-corrected chi connectivity index (χ0v) is 19.5. The van der Waals surface area contributed by atoms with Crippen LogP contribution in [0.15, 0.2) is 59.5 Å². The van der Waals surface area contributed by atoms with E-state index in [1.807, 2.05) is 37.3 Å². The summed E-state index contributed by atoms with van der Waals surface area (Å²) in [5.74, 6) is 0.734. The Morgan fingerprint density at radius 3 is 2.52 bits per heavy atom. The van der Waals surface area contributed by atoms with Crippen molar-refractivity contribution in [2.45, 2.75) is 75.9 Å². The molecule has 2 amide bonds. The molecule has 5 heteroatoms. The Balaban J connectivity index is 1.70. The molecule has 2 aromatic carbocycles. The monoisotopic (exact) mass is 438 g/mol. The van der Waals surface area contributed by atoms with Gasteiger partial charge in [-0.15, -0.1) is 11.8 Å². The minimum atomic E-state index is -0.435. The predicted octanol–water partition coefficient (Wildman–Crippen LogP) is 5.34. The van der Waals surface area contributed by atoms with E-state index in [0.29, 0.717) is 25.1 Å². The molecule has 4 nitrogen and oxygen atoms in total. The van der Waals surface area contributed by atoms with Crippen molar-refractivity contribution >= 4 is 23.6 Å². The normalized spacial score (nSPS) is 14.9. The molecule has 1 aliphatic carbocycles. The molecule has 1 fully saturated rings. The van der Waals surface area contributed by atoms with Gasteiger partial charge in [-0.1, -0.05) is 67.8 Å². The van der Waals surface area contributed by atoms with E-state index in [9.17, 15) is 9.59 Å². The number of hydrogen-bond acceptors (Lipinski definition) is 3. The highest BCUT2D eigenvalue weighted by molar-refractivity contribution is 7.99. The lowest BCUT2D eigenvalue weighted by Crippen LogP contribution is -2.51. The Kier molecular flexibility index (Phi) is 9.01. The molecule has 1 unspecified atom stereocenters. The Bertz CT molecular complexity index is 849. The lowest BCUT2D eigenvalue weighted by molar-refractivity contribution is -0.141. The van der Waals surface area contributed by atoms with Crippen LogP contribution in [0, 0.1) is 6.92 Å². The number of amides is 2. The summed E-state index contributed by atoms with van der Waals surface area (Å²) in [6, 6.07) is 18.1. The summed E-state index contributed by atoms with van der Waals surface area (Å²) >= 11 is 1.68. The Labute approximate surface area is 190 Å². The number of hydrogen-bond donors (Lipinski definition) is 1. The minimum Gasteiger partial charge on any atom is -0.352 e. The van der Waals surface area contributed by atoms with Gasteiger partial charge in [0.1, 0.15) is 6.04 Å². The smallest absolute Gasteiger partial charge is 0.243 e. The Hall–Kier alpha value is -2.27. The van der Waals surface area contributed by atoms with Gasteiger partial charge in [0, 0.05) is 29.7 Å². The van der Waals surface area contributed by atoms with Crippen LogP contribution in [-0.4, -0.2) is 34.6 Å². The first-order valence-corrected chi connectivity index (χ1v) is 12.4. The molecule has 3 rings (SSSR count). The molecular formula is C26H34N2O2S. The number of rotatable bonds is 10. The third-order valence-electron chi connectivity index (χ3n) is 5.85. The molecule has 2 aromatic rings. The molecule has 1 N–H and O–H groups in total. The van der Waals surface area contributed by atoms with E-state index in [0.717, 1.165) is 28.9 Å². The Morgan fingerprint density at radius 2 is 1.84 bits per heavy atom. The molecule has 0 radical (unpaired) electrons. The molecule has 1 aliphatic rings. The Morgan fingerprint density at radius 1 is 1.10 bits per heavy atom. The van der Waals surface area contributed by atoms with E-state index in [2.05, 4.69) is 36.5 Å². The average molecular weight is 439 g/mol. The zero-order chi connectivity index (χ0) is 22.1. The molecule has 1 saturated carbocycles. The van der Waals surface area contributed by atoms with Crippen LogP contribution in [0.2, 0.25) is 0 Å². The van der Waals surface area contributed by atoms with E-state index >= 15 is 0 Å².